The Morgan fingerprint density at radius 1 is 1.19 bits per heavy atom. The van der Waals surface area contributed by atoms with E-state index >= 15 is 0 Å². The molecule has 0 amide bonds. The maximum atomic E-state index is 12.4. The Kier molecular flexibility index (Phi) is 7.60. The number of likely N-dealkylation sites (tertiary alicyclic amines) is 1. The Morgan fingerprint density at radius 2 is 1.85 bits per heavy atom. The van der Waals surface area contributed by atoms with Crippen LogP contribution < -0.4 is 9.44 Å². The molecule has 1 heterocycles. The summed E-state index contributed by atoms with van der Waals surface area (Å²) in [7, 11) is -4.51. The van der Waals surface area contributed by atoms with Gasteiger partial charge in [0, 0.05) is 46.0 Å². The molecule has 154 valence electrons. The molecule has 0 radical (unpaired) electrons. The van der Waals surface area contributed by atoms with Crippen molar-refractivity contribution in [2.75, 3.05) is 51.6 Å². The molecule has 1 saturated heterocycles. The fourth-order valence-electron chi connectivity index (χ4n) is 2.87. The van der Waals surface area contributed by atoms with E-state index in [-0.39, 0.29) is 29.7 Å². The predicted molar refractivity (Wildman–Crippen MR) is 104 cm³/mol. The van der Waals surface area contributed by atoms with Crippen molar-refractivity contribution in [2.24, 2.45) is 5.92 Å². The highest BCUT2D eigenvalue weighted by atomic mass is 32.2. The molecular weight excluding hydrogens is 392 g/mol. The third-order valence-electron chi connectivity index (χ3n) is 4.47. The minimum Gasteiger partial charge on any atom is -0.396 e. The number of rotatable bonds is 9. The number of nitrogens with one attached hydrogen (secondary N) is 2. The van der Waals surface area contributed by atoms with Gasteiger partial charge in [-0.2, -0.15) is 12.7 Å². The third-order valence-corrected chi connectivity index (χ3v) is 7.41. The van der Waals surface area contributed by atoms with E-state index in [1.807, 2.05) is 0 Å². The summed E-state index contributed by atoms with van der Waals surface area (Å²) in [5, 5.41) is 9.25. The Bertz CT molecular complexity index is 810. The fourth-order valence-corrected chi connectivity index (χ4v) is 4.50. The van der Waals surface area contributed by atoms with Crippen molar-refractivity contribution in [2.45, 2.75) is 17.7 Å². The van der Waals surface area contributed by atoms with Gasteiger partial charge in [-0.1, -0.05) is 0 Å². The number of hydrogen-bond donors (Lipinski definition) is 3. The van der Waals surface area contributed by atoms with Crippen LogP contribution in [-0.2, 0) is 20.2 Å². The number of sulfonamides is 1. The standard InChI is InChI=1S/C16H28N4O5S2/c1-19(2)27(24,25)18-15-5-7-16(8-6-15)26(22,23)17-9-11-20-10-3-4-14(12-20)13-21/h5-8,14,17-18,21H,3-4,9-13H2,1-2H3/t14-/m0/s1. The average Bonchev–Trinajstić information content (AvgIpc) is 2.62. The second-order valence-electron chi connectivity index (χ2n) is 6.80. The molecule has 9 nitrogen and oxygen atoms in total. The van der Waals surface area contributed by atoms with Crippen LogP contribution in [0, 0.1) is 5.92 Å². The molecule has 27 heavy (non-hydrogen) atoms. The van der Waals surface area contributed by atoms with Crippen molar-refractivity contribution >= 4 is 25.9 Å². The molecule has 0 unspecified atom stereocenters. The first-order chi connectivity index (χ1) is 12.6. The van der Waals surface area contributed by atoms with Crippen LogP contribution >= 0.6 is 0 Å². The first-order valence-corrected chi connectivity index (χ1v) is 11.7. The van der Waals surface area contributed by atoms with Gasteiger partial charge >= 0.3 is 10.2 Å². The van der Waals surface area contributed by atoms with Crippen LogP contribution in [-0.4, -0.2) is 78.0 Å². The third kappa shape index (κ3) is 6.40. The average molecular weight is 421 g/mol. The van der Waals surface area contributed by atoms with Gasteiger partial charge in [0.15, 0.2) is 0 Å². The zero-order valence-corrected chi connectivity index (χ0v) is 17.3. The van der Waals surface area contributed by atoms with E-state index in [1.54, 1.807) is 0 Å². The summed E-state index contributed by atoms with van der Waals surface area (Å²) in [6.07, 6.45) is 2.00. The van der Waals surface area contributed by atoms with Gasteiger partial charge in [0.1, 0.15) is 0 Å². The highest BCUT2D eigenvalue weighted by molar-refractivity contribution is 7.90. The number of piperidine rings is 1. The molecule has 0 spiro atoms. The van der Waals surface area contributed by atoms with Crippen LogP contribution in [0.15, 0.2) is 29.2 Å². The maximum Gasteiger partial charge on any atom is 0.301 e. The molecular formula is C16H28N4O5S2. The summed E-state index contributed by atoms with van der Waals surface area (Å²) in [6, 6.07) is 5.54. The van der Waals surface area contributed by atoms with Crippen LogP contribution in [0.25, 0.3) is 0 Å². The van der Waals surface area contributed by atoms with Crippen LogP contribution in [0.4, 0.5) is 5.69 Å². The highest BCUT2D eigenvalue weighted by Gasteiger charge is 2.20. The van der Waals surface area contributed by atoms with Crippen molar-refractivity contribution in [1.82, 2.24) is 13.9 Å². The van der Waals surface area contributed by atoms with Gasteiger partial charge < -0.3 is 10.0 Å². The van der Waals surface area contributed by atoms with Crippen LogP contribution in [0.5, 0.6) is 0 Å². The quantitative estimate of drug-likeness (QED) is 0.513. The maximum absolute atomic E-state index is 12.4. The molecule has 1 aromatic carbocycles. The predicted octanol–water partition coefficient (Wildman–Crippen LogP) is -0.112. The van der Waals surface area contributed by atoms with Crippen LogP contribution in [0.3, 0.4) is 0 Å². The second kappa shape index (κ2) is 9.30. The molecule has 1 aromatic rings. The molecule has 0 aliphatic carbocycles. The van der Waals surface area contributed by atoms with Crippen molar-refractivity contribution in [3.8, 4) is 0 Å². The Labute approximate surface area is 161 Å². The minimum atomic E-state index is -3.67. The zero-order chi connectivity index (χ0) is 20.1. The summed E-state index contributed by atoms with van der Waals surface area (Å²) in [5.74, 6) is 0.258. The van der Waals surface area contributed by atoms with Crippen molar-refractivity contribution in [3.05, 3.63) is 24.3 Å². The minimum absolute atomic E-state index is 0.0715. The van der Waals surface area contributed by atoms with Gasteiger partial charge in [-0.3, -0.25) is 4.72 Å². The van der Waals surface area contributed by atoms with E-state index in [0.29, 0.717) is 6.54 Å². The largest absolute Gasteiger partial charge is 0.396 e. The summed E-state index contributed by atoms with van der Waals surface area (Å²) in [4.78, 5) is 2.22. The molecule has 0 saturated carbocycles. The van der Waals surface area contributed by atoms with E-state index in [1.165, 1.54) is 38.4 Å². The van der Waals surface area contributed by atoms with Crippen molar-refractivity contribution in [1.29, 1.82) is 0 Å². The monoisotopic (exact) mass is 420 g/mol. The Hall–Kier alpha value is -1.24. The molecule has 1 aliphatic rings. The summed E-state index contributed by atoms with van der Waals surface area (Å²) >= 11 is 0. The molecule has 2 rings (SSSR count). The van der Waals surface area contributed by atoms with E-state index in [0.717, 1.165) is 30.2 Å². The Morgan fingerprint density at radius 3 is 2.44 bits per heavy atom. The number of aliphatic hydroxyl groups excluding tert-OH is 1. The topological polar surface area (TPSA) is 119 Å². The van der Waals surface area contributed by atoms with Gasteiger partial charge in [0.05, 0.1) is 4.90 Å². The van der Waals surface area contributed by atoms with E-state index in [4.69, 9.17) is 0 Å². The van der Waals surface area contributed by atoms with Gasteiger partial charge in [0.25, 0.3) is 0 Å². The number of hydrogen-bond acceptors (Lipinski definition) is 6. The van der Waals surface area contributed by atoms with Crippen LogP contribution in [0.2, 0.25) is 0 Å². The lowest BCUT2D eigenvalue weighted by Crippen LogP contribution is -2.41. The van der Waals surface area contributed by atoms with Gasteiger partial charge in [-0.25, -0.2) is 13.1 Å². The smallest absolute Gasteiger partial charge is 0.301 e. The molecule has 11 heteroatoms. The molecule has 3 N–H and O–H groups in total. The second-order valence-corrected chi connectivity index (χ2v) is 10.5. The SMILES string of the molecule is CN(C)S(=O)(=O)Nc1ccc(S(=O)(=O)NCCN2CCC[C@H](CO)C2)cc1. The molecule has 0 aromatic heterocycles. The molecule has 0 bridgehead atoms. The van der Waals surface area contributed by atoms with Crippen LogP contribution in [0.1, 0.15) is 12.8 Å². The Balaban J connectivity index is 1.90. The zero-order valence-electron chi connectivity index (χ0n) is 15.6. The number of nitrogens with zero attached hydrogens (tertiary/aromatic N) is 2. The highest BCUT2D eigenvalue weighted by Crippen LogP contribution is 2.17. The van der Waals surface area contributed by atoms with Crippen molar-refractivity contribution < 1.29 is 21.9 Å². The van der Waals surface area contributed by atoms with Gasteiger partial charge in [-0.15, -0.1) is 0 Å². The first kappa shape index (κ1) is 22.1. The summed E-state index contributed by atoms with van der Waals surface area (Å²) in [5.41, 5.74) is 0.283. The lowest BCUT2D eigenvalue weighted by atomic mass is 9.99. The van der Waals surface area contributed by atoms with E-state index in [2.05, 4.69) is 14.3 Å². The lowest BCUT2D eigenvalue weighted by molar-refractivity contribution is 0.122. The first-order valence-electron chi connectivity index (χ1n) is 8.77. The van der Waals surface area contributed by atoms with E-state index in [9.17, 15) is 21.9 Å². The summed E-state index contributed by atoms with van der Waals surface area (Å²) < 4.78 is 54.3. The van der Waals surface area contributed by atoms with Gasteiger partial charge in [0.2, 0.25) is 10.0 Å². The van der Waals surface area contributed by atoms with E-state index < -0.39 is 20.2 Å². The lowest BCUT2D eigenvalue weighted by Gasteiger charge is -2.31. The van der Waals surface area contributed by atoms with Gasteiger partial charge in [-0.05, 0) is 49.6 Å². The fraction of sp³-hybridized carbons (Fsp3) is 0.625. The number of anilines is 1. The summed E-state index contributed by atoms with van der Waals surface area (Å²) in [6.45, 7) is 2.69. The molecule has 1 aliphatic heterocycles. The molecule has 1 atom stereocenters. The van der Waals surface area contributed by atoms with Crippen molar-refractivity contribution in [3.63, 3.8) is 0 Å². The number of benzene rings is 1. The molecule has 1 fully saturated rings. The normalized spacial score (nSPS) is 19.3. The number of aliphatic hydroxyl groups is 1.